The standard InChI is InChI=1S/C14H28N2O3/c1-12-11-19-10-9-16(12)8-6-5-7-14(2,15-3)13(17)18-4/h12,15H,5-11H2,1-4H3. The van der Waals surface area contributed by atoms with E-state index in [-0.39, 0.29) is 5.97 Å². The van der Waals surface area contributed by atoms with E-state index in [9.17, 15) is 4.79 Å². The lowest BCUT2D eigenvalue weighted by atomic mass is 9.95. The predicted molar refractivity (Wildman–Crippen MR) is 75.2 cm³/mol. The molecule has 0 spiro atoms. The Kier molecular flexibility index (Phi) is 6.75. The molecule has 19 heavy (non-hydrogen) atoms. The highest BCUT2D eigenvalue weighted by molar-refractivity contribution is 5.80. The average Bonchev–Trinajstić information content (AvgIpc) is 2.44. The normalized spacial score (nSPS) is 23.9. The molecule has 1 aliphatic heterocycles. The summed E-state index contributed by atoms with van der Waals surface area (Å²) in [4.78, 5) is 14.2. The molecule has 0 aromatic heterocycles. The monoisotopic (exact) mass is 272 g/mol. The number of carbonyl (C=O) groups excluding carboxylic acids is 1. The third-order valence-electron chi connectivity index (χ3n) is 4.07. The number of unbranched alkanes of at least 4 members (excludes halogenated alkanes) is 1. The second-order valence-corrected chi connectivity index (χ2v) is 5.49. The van der Waals surface area contributed by atoms with Crippen LogP contribution in [-0.4, -0.2) is 62.9 Å². The Labute approximate surface area is 116 Å². The van der Waals surface area contributed by atoms with Crippen LogP contribution in [-0.2, 0) is 14.3 Å². The molecule has 0 aromatic rings. The van der Waals surface area contributed by atoms with Crippen molar-refractivity contribution in [2.75, 3.05) is 40.5 Å². The minimum atomic E-state index is -0.564. The Hall–Kier alpha value is -0.650. The first-order valence-corrected chi connectivity index (χ1v) is 7.12. The molecule has 1 heterocycles. The molecule has 0 bridgehead atoms. The van der Waals surface area contributed by atoms with Crippen molar-refractivity contribution in [1.29, 1.82) is 0 Å². The molecule has 1 saturated heterocycles. The Morgan fingerprint density at radius 3 is 2.84 bits per heavy atom. The fraction of sp³-hybridized carbons (Fsp3) is 0.929. The zero-order valence-electron chi connectivity index (χ0n) is 12.7. The first-order valence-electron chi connectivity index (χ1n) is 7.12. The van der Waals surface area contributed by atoms with Gasteiger partial charge in [0, 0.05) is 12.6 Å². The van der Waals surface area contributed by atoms with E-state index < -0.39 is 5.54 Å². The zero-order chi connectivity index (χ0) is 14.3. The van der Waals surface area contributed by atoms with Crippen LogP contribution in [0.1, 0.15) is 33.1 Å². The second kappa shape index (κ2) is 7.82. The summed E-state index contributed by atoms with van der Waals surface area (Å²) in [5, 5.41) is 3.07. The van der Waals surface area contributed by atoms with Crippen molar-refractivity contribution in [1.82, 2.24) is 10.2 Å². The Balaban J connectivity index is 2.27. The van der Waals surface area contributed by atoms with Crippen LogP contribution < -0.4 is 5.32 Å². The molecule has 2 unspecified atom stereocenters. The second-order valence-electron chi connectivity index (χ2n) is 5.49. The largest absolute Gasteiger partial charge is 0.468 e. The van der Waals surface area contributed by atoms with Gasteiger partial charge in [0.2, 0.25) is 0 Å². The van der Waals surface area contributed by atoms with Crippen LogP contribution in [0.3, 0.4) is 0 Å². The number of likely N-dealkylation sites (N-methyl/N-ethyl adjacent to an activating group) is 1. The van der Waals surface area contributed by atoms with Crippen molar-refractivity contribution < 1.29 is 14.3 Å². The minimum absolute atomic E-state index is 0.185. The van der Waals surface area contributed by atoms with E-state index in [1.165, 1.54) is 7.11 Å². The molecule has 5 nitrogen and oxygen atoms in total. The summed E-state index contributed by atoms with van der Waals surface area (Å²) < 4.78 is 10.3. The van der Waals surface area contributed by atoms with Crippen LogP contribution >= 0.6 is 0 Å². The predicted octanol–water partition coefficient (Wildman–Crippen LogP) is 1.03. The number of esters is 1. The number of nitrogens with zero attached hydrogens (tertiary/aromatic N) is 1. The number of nitrogens with one attached hydrogen (secondary N) is 1. The van der Waals surface area contributed by atoms with Gasteiger partial charge in [-0.25, -0.2) is 0 Å². The number of carbonyl (C=O) groups is 1. The van der Waals surface area contributed by atoms with Gasteiger partial charge in [0.25, 0.3) is 0 Å². The van der Waals surface area contributed by atoms with Crippen LogP contribution in [0.25, 0.3) is 0 Å². The molecule has 2 atom stereocenters. The minimum Gasteiger partial charge on any atom is -0.468 e. The number of methoxy groups -OCH3 is 1. The van der Waals surface area contributed by atoms with Crippen LogP contribution in [0.2, 0.25) is 0 Å². The SMILES string of the molecule is CNC(C)(CCCCN1CCOCC1C)C(=O)OC. The van der Waals surface area contributed by atoms with Crippen molar-refractivity contribution in [2.24, 2.45) is 0 Å². The number of rotatable bonds is 7. The molecular weight excluding hydrogens is 244 g/mol. The third kappa shape index (κ3) is 4.75. The first kappa shape index (κ1) is 16.4. The molecule has 5 heteroatoms. The third-order valence-corrected chi connectivity index (χ3v) is 4.07. The van der Waals surface area contributed by atoms with E-state index >= 15 is 0 Å². The summed E-state index contributed by atoms with van der Waals surface area (Å²) in [7, 11) is 3.24. The highest BCUT2D eigenvalue weighted by Gasteiger charge is 2.31. The fourth-order valence-electron chi connectivity index (χ4n) is 2.44. The van der Waals surface area contributed by atoms with Crippen molar-refractivity contribution in [3.8, 4) is 0 Å². The molecule has 1 fully saturated rings. The lowest BCUT2D eigenvalue weighted by Crippen LogP contribution is -2.48. The number of ether oxygens (including phenoxy) is 2. The Morgan fingerprint density at radius 2 is 2.26 bits per heavy atom. The maximum Gasteiger partial charge on any atom is 0.325 e. The summed E-state index contributed by atoms with van der Waals surface area (Å²) in [6.45, 7) is 7.85. The van der Waals surface area contributed by atoms with Gasteiger partial charge < -0.3 is 14.8 Å². The summed E-state index contributed by atoms with van der Waals surface area (Å²) >= 11 is 0. The highest BCUT2D eigenvalue weighted by Crippen LogP contribution is 2.16. The maximum atomic E-state index is 11.7. The fourth-order valence-corrected chi connectivity index (χ4v) is 2.44. The summed E-state index contributed by atoms with van der Waals surface area (Å²) in [6, 6.07) is 0.505. The molecule has 0 saturated carbocycles. The lowest BCUT2D eigenvalue weighted by Gasteiger charge is -2.33. The number of hydrogen-bond acceptors (Lipinski definition) is 5. The Bertz CT molecular complexity index is 286. The van der Waals surface area contributed by atoms with Crippen molar-refractivity contribution in [3.05, 3.63) is 0 Å². The zero-order valence-corrected chi connectivity index (χ0v) is 12.7. The van der Waals surface area contributed by atoms with E-state index in [1.54, 1.807) is 7.05 Å². The van der Waals surface area contributed by atoms with Gasteiger partial charge >= 0.3 is 5.97 Å². The molecule has 0 amide bonds. The summed E-state index contributed by atoms with van der Waals surface area (Å²) in [5.74, 6) is -0.185. The quantitative estimate of drug-likeness (QED) is 0.554. The summed E-state index contributed by atoms with van der Waals surface area (Å²) in [5.41, 5.74) is -0.564. The smallest absolute Gasteiger partial charge is 0.325 e. The van der Waals surface area contributed by atoms with Crippen LogP contribution in [0.15, 0.2) is 0 Å². The van der Waals surface area contributed by atoms with Gasteiger partial charge in [-0.3, -0.25) is 9.69 Å². The molecular formula is C14H28N2O3. The summed E-state index contributed by atoms with van der Waals surface area (Å²) in [6.07, 6.45) is 2.91. The van der Waals surface area contributed by atoms with E-state index in [4.69, 9.17) is 9.47 Å². The van der Waals surface area contributed by atoms with E-state index in [0.29, 0.717) is 6.04 Å². The molecule has 0 aliphatic carbocycles. The van der Waals surface area contributed by atoms with E-state index in [1.807, 2.05) is 6.92 Å². The molecule has 1 N–H and O–H groups in total. The first-order chi connectivity index (χ1) is 9.03. The van der Waals surface area contributed by atoms with Crippen molar-refractivity contribution in [3.63, 3.8) is 0 Å². The molecule has 0 radical (unpaired) electrons. The molecule has 112 valence electrons. The topological polar surface area (TPSA) is 50.8 Å². The van der Waals surface area contributed by atoms with Gasteiger partial charge in [0.15, 0.2) is 0 Å². The molecule has 1 rings (SSSR count). The van der Waals surface area contributed by atoms with Gasteiger partial charge in [-0.15, -0.1) is 0 Å². The van der Waals surface area contributed by atoms with Gasteiger partial charge in [-0.2, -0.15) is 0 Å². The van der Waals surface area contributed by atoms with Crippen LogP contribution in [0.4, 0.5) is 0 Å². The van der Waals surface area contributed by atoms with Gasteiger partial charge in [-0.1, -0.05) is 0 Å². The molecule has 0 aromatic carbocycles. The lowest BCUT2D eigenvalue weighted by molar-refractivity contribution is -0.148. The van der Waals surface area contributed by atoms with E-state index in [0.717, 1.165) is 45.6 Å². The van der Waals surface area contributed by atoms with E-state index in [2.05, 4.69) is 17.1 Å². The maximum absolute atomic E-state index is 11.7. The number of hydrogen-bond donors (Lipinski definition) is 1. The average molecular weight is 272 g/mol. The Morgan fingerprint density at radius 1 is 1.53 bits per heavy atom. The van der Waals surface area contributed by atoms with Crippen molar-refractivity contribution in [2.45, 2.75) is 44.7 Å². The van der Waals surface area contributed by atoms with Gasteiger partial charge in [0.1, 0.15) is 5.54 Å². The van der Waals surface area contributed by atoms with Crippen LogP contribution in [0.5, 0.6) is 0 Å². The number of morpholine rings is 1. The van der Waals surface area contributed by atoms with Crippen molar-refractivity contribution >= 4 is 5.97 Å². The van der Waals surface area contributed by atoms with Crippen LogP contribution in [0, 0.1) is 0 Å². The van der Waals surface area contributed by atoms with Gasteiger partial charge in [0.05, 0.1) is 20.3 Å². The molecule has 1 aliphatic rings. The highest BCUT2D eigenvalue weighted by atomic mass is 16.5. The van der Waals surface area contributed by atoms with Gasteiger partial charge in [-0.05, 0) is 46.7 Å².